The van der Waals surface area contributed by atoms with Gasteiger partial charge in [0.1, 0.15) is 5.82 Å². The van der Waals surface area contributed by atoms with Gasteiger partial charge >= 0.3 is 5.97 Å². The van der Waals surface area contributed by atoms with Crippen molar-refractivity contribution >= 4 is 21.9 Å². The number of carboxylic acid groups (broad SMARTS) is 1. The van der Waals surface area contributed by atoms with Crippen molar-refractivity contribution in [2.75, 3.05) is 25.9 Å². The minimum absolute atomic E-state index is 0.0176. The van der Waals surface area contributed by atoms with Crippen molar-refractivity contribution in [2.24, 2.45) is 0 Å². The molecule has 9 heteroatoms. The first kappa shape index (κ1) is 19.3. The van der Waals surface area contributed by atoms with E-state index < -0.39 is 27.7 Å². The predicted octanol–water partition coefficient (Wildman–Crippen LogP) is 1.41. The third-order valence-electron chi connectivity index (χ3n) is 4.52. The number of carboxylic acids is 1. The number of halogens is 1. The molecule has 0 bridgehead atoms. The molecule has 0 saturated carbocycles. The second kappa shape index (κ2) is 7.49. The van der Waals surface area contributed by atoms with Crippen LogP contribution >= 0.6 is 0 Å². The van der Waals surface area contributed by atoms with Crippen LogP contribution in [0.25, 0.3) is 0 Å². The van der Waals surface area contributed by atoms with Crippen LogP contribution in [0, 0.1) is 5.82 Å². The van der Waals surface area contributed by atoms with E-state index in [0.717, 1.165) is 6.07 Å². The zero-order chi connectivity index (χ0) is 18.8. The van der Waals surface area contributed by atoms with Gasteiger partial charge in [-0.15, -0.1) is 0 Å². The quantitative estimate of drug-likeness (QED) is 0.843. The molecule has 25 heavy (non-hydrogen) atoms. The van der Waals surface area contributed by atoms with Crippen LogP contribution in [0.2, 0.25) is 0 Å². The molecule has 1 fully saturated rings. The molecule has 138 valence electrons. The lowest BCUT2D eigenvalue weighted by Crippen LogP contribution is -2.47. The van der Waals surface area contributed by atoms with Gasteiger partial charge < -0.3 is 10.0 Å². The van der Waals surface area contributed by atoms with Crippen molar-refractivity contribution in [1.82, 2.24) is 9.21 Å². The topological polar surface area (TPSA) is 95.0 Å². The monoisotopic (exact) mass is 372 g/mol. The first-order valence-corrected chi connectivity index (χ1v) is 9.56. The Hall–Kier alpha value is -2.00. The summed E-state index contributed by atoms with van der Waals surface area (Å²) in [6.45, 7) is 2.20. The molecule has 1 aliphatic heterocycles. The Kier molecular flexibility index (Phi) is 5.79. The maximum absolute atomic E-state index is 14.0. The number of rotatable bonds is 5. The van der Waals surface area contributed by atoms with Gasteiger partial charge in [0.25, 0.3) is 5.91 Å². The molecule has 0 aromatic heterocycles. The minimum Gasteiger partial charge on any atom is -0.478 e. The number of nitrogens with zero attached hydrogens (tertiary/aromatic N) is 2. The van der Waals surface area contributed by atoms with Gasteiger partial charge in [-0.05, 0) is 38.0 Å². The number of piperidine rings is 1. The molecule has 0 atom stereocenters. The normalized spacial score (nSPS) is 16.2. The summed E-state index contributed by atoms with van der Waals surface area (Å²) in [4.78, 5) is 24.7. The average molecular weight is 372 g/mol. The Bertz CT molecular complexity index is 773. The second-order valence-corrected chi connectivity index (χ2v) is 8.26. The summed E-state index contributed by atoms with van der Waals surface area (Å²) in [5.74, 6) is -2.64. The molecule has 1 saturated heterocycles. The van der Waals surface area contributed by atoms with Crippen molar-refractivity contribution in [3.63, 3.8) is 0 Å². The van der Waals surface area contributed by atoms with E-state index in [1.165, 1.54) is 28.4 Å². The van der Waals surface area contributed by atoms with Gasteiger partial charge in [-0.1, -0.05) is 0 Å². The van der Waals surface area contributed by atoms with Crippen LogP contribution in [0.1, 0.15) is 40.5 Å². The van der Waals surface area contributed by atoms with E-state index in [-0.39, 0.29) is 22.9 Å². The summed E-state index contributed by atoms with van der Waals surface area (Å²) < 4.78 is 39.2. The maximum atomic E-state index is 14.0. The third-order valence-corrected chi connectivity index (χ3v) is 6.42. The molecule has 0 radical (unpaired) electrons. The van der Waals surface area contributed by atoms with E-state index >= 15 is 0 Å². The molecule has 2 rings (SSSR count). The van der Waals surface area contributed by atoms with Crippen molar-refractivity contribution in [2.45, 2.75) is 25.8 Å². The first-order chi connectivity index (χ1) is 11.7. The van der Waals surface area contributed by atoms with Gasteiger partial charge in [-0.25, -0.2) is 21.9 Å². The summed E-state index contributed by atoms with van der Waals surface area (Å²) in [6.07, 6.45) is 0.937. The van der Waals surface area contributed by atoms with Gasteiger partial charge in [0.2, 0.25) is 10.0 Å². The highest BCUT2D eigenvalue weighted by atomic mass is 32.2. The predicted molar refractivity (Wildman–Crippen MR) is 89.5 cm³/mol. The Morgan fingerprint density at radius 2 is 1.92 bits per heavy atom. The third kappa shape index (κ3) is 4.16. The molecule has 1 aromatic carbocycles. The lowest BCUT2D eigenvalue weighted by molar-refractivity contribution is 0.0671. The van der Waals surface area contributed by atoms with Crippen LogP contribution in [0.5, 0.6) is 0 Å². The second-order valence-electron chi connectivity index (χ2n) is 5.94. The highest BCUT2D eigenvalue weighted by Crippen LogP contribution is 2.21. The number of carbonyl (C=O) groups is 2. The number of hydrogen-bond donors (Lipinski definition) is 1. The lowest BCUT2D eigenvalue weighted by atomic mass is 10.0. The summed E-state index contributed by atoms with van der Waals surface area (Å²) in [5.41, 5.74) is -0.405. The zero-order valence-electron chi connectivity index (χ0n) is 14.1. The van der Waals surface area contributed by atoms with Crippen molar-refractivity contribution in [1.29, 1.82) is 0 Å². The number of benzene rings is 1. The first-order valence-electron chi connectivity index (χ1n) is 7.95. The molecular formula is C16H21FN2O5S. The number of sulfonamides is 1. The van der Waals surface area contributed by atoms with Crippen LogP contribution in [0.4, 0.5) is 4.39 Å². The van der Waals surface area contributed by atoms with Gasteiger partial charge in [0.05, 0.1) is 16.9 Å². The van der Waals surface area contributed by atoms with Gasteiger partial charge in [-0.2, -0.15) is 0 Å². The van der Waals surface area contributed by atoms with Crippen molar-refractivity contribution < 1.29 is 27.5 Å². The number of hydrogen-bond acceptors (Lipinski definition) is 4. The molecule has 1 aliphatic rings. The number of likely N-dealkylation sites (tertiary alicyclic amines) is 1. The summed E-state index contributed by atoms with van der Waals surface area (Å²) in [7, 11) is -1.76. The van der Waals surface area contributed by atoms with Gasteiger partial charge in [0.15, 0.2) is 0 Å². The standard InChI is InChI=1S/C16H21FN2O5S/c1-3-25(23,24)18(2)12-6-8-19(9-7-12)15(20)13-5-4-11(16(21)22)10-14(13)17/h4-5,10,12H,3,6-9H2,1-2H3,(H,21,22). The molecule has 0 spiro atoms. The van der Waals surface area contributed by atoms with Crippen molar-refractivity contribution in [3.8, 4) is 0 Å². The average Bonchev–Trinajstić information content (AvgIpc) is 2.60. The van der Waals surface area contributed by atoms with E-state index in [1.54, 1.807) is 6.92 Å². The molecular weight excluding hydrogens is 351 g/mol. The van der Waals surface area contributed by atoms with Crippen molar-refractivity contribution in [3.05, 3.63) is 35.1 Å². The Balaban J connectivity index is 2.06. The minimum atomic E-state index is -3.29. The largest absolute Gasteiger partial charge is 0.478 e. The Labute approximate surface area is 146 Å². The molecule has 1 amide bonds. The molecule has 7 nitrogen and oxygen atoms in total. The van der Waals surface area contributed by atoms with E-state index in [2.05, 4.69) is 0 Å². The van der Waals surface area contributed by atoms with Crippen LogP contribution in [-0.2, 0) is 10.0 Å². The van der Waals surface area contributed by atoms with Gasteiger partial charge in [-0.3, -0.25) is 4.79 Å². The van der Waals surface area contributed by atoms with Crippen LogP contribution in [0.3, 0.4) is 0 Å². The highest BCUT2D eigenvalue weighted by Gasteiger charge is 2.31. The molecule has 1 heterocycles. The Morgan fingerprint density at radius 1 is 1.32 bits per heavy atom. The van der Waals surface area contributed by atoms with Crippen LogP contribution in [0.15, 0.2) is 18.2 Å². The number of amides is 1. The maximum Gasteiger partial charge on any atom is 0.335 e. The fraction of sp³-hybridized carbons (Fsp3) is 0.500. The van der Waals surface area contributed by atoms with Crippen LogP contribution in [-0.4, -0.2) is 66.5 Å². The zero-order valence-corrected chi connectivity index (χ0v) is 14.9. The summed E-state index contributed by atoms with van der Waals surface area (Å²) in [5, 5.41) is 8.84. The van der Waals surface area contributed by atoms with E-state index in [1.807, 2.05) is 0 Å². The Morgan fingerprint density at radius 3 is 2.40 bits per heavy atom. The summed E-state index contributed by atoms with van der Waals surface area (Å²) in [6, 6.07) is 2.99. The van der Waals surface area contributed by atoms with Crippen LogP contribution < -0.4 is 0 Å². The summed E-state index contributed by atoms with van der Waals surface area (Å²) >= 11 is 0. The van der Waals surface area contributed by atoms with E-state index in [0.29, 0.717) is 25.9 Å². The fourth-order valence-electron chi connectivity index (χ4n) is 2.86. The fourth-order valence-corrected chi connectivity index (χ4v) is 3.93. The molecule has 0 unspecified atom stereocenters. The SMILES string of the molecule is CCS(=O)(=O)N(C)C1CCN(C(=O)c2ccc(C(=O)O)cc2F)CC1. The molecule has 0 aliphatic carbocycles. The highest BCUT2D eigenvalue weighted by molar-refractivity contribution is 7.89. The number of aromatic carboxylic acids is 1. The molecule has 1 N–H and O–H groups in total. The van der Waals surface area contributed by atoms with Gasteiger partial charge in [0, 0.05) is 26.2 Å². The smallest absolute Gasteiger partial charge is 0.335 e. The molecule has 1 aromatic rings. The van der Waals surface area contributed by atoms with E-state index in [9.17, 15) is 22.4 Å². The lowest BCUT2D eigenvalue weighted by Gasteiger charge is -2.36. The number of carbonyl (C=O) groups excluding carboxylic acids is 1. The van der Waals surface area contributed by atoms with E-state index in [4.69, 9.17) is 5.11 Å².